The summed E-state index contributed by atoms with van der Waals surface area (Å²) in [6, 6.07) is 65.4. The monoisotopic (exact) mass is 809 g/mol. The Morgan fingerprint density at radius 3 is 1.38 bits per heavy atom. The predicted molar refractivity (Wildman–Crippen MR) is 269 cm³/mol. The Labute approximate surface area is 380 Å². The molecule has 0 heterocycles. The Balaban J connectivity index is 1.13. The van der Waals surface area contributed by atoms with E-state index in [-0.39, 0.29) is 46.7 Å². The van der Waals surface area contributed by atoms with E-state index >= 15 is 0 Å². The second-order valence-electron chi connectivity index (χ2n) is 15.4. The SMILES string of the molecule is [2H]c1c([2H])c(N(c2ccc(-c3cccc4ccccc34)cc2)c2c([2H])c([2H])c(-c3ccc4ccccc4c3-c3ccccc3)c([2H])c2[2H])c([2H])c([2H])c1-c1ccc(-c2ccccc2)c(-c2ccccc2)c1. The molecule has 0 fully saturated rings. The number of nitrogens with zero attached hydrogens (tertiary/aromatic N) is 1. The van der Waals surface area contributed by atoms with Gasteiger partial charge in [-0.15, -0.1) is 0 Å². The van der Waals surface area contributed by atoms with Gasteiger partial charge >= 0.3 is 0 Å². The summed E-state index contributed by atoms with van der Waals surface area (Å²) in [6.45, 7) is 0. The van der Waals surface area contributed by atoms with Gasteiger partial charge in [-0.2, -0.15) is 0 Å². The van der Waals surface area contributed by atoms with Crippen molar-refractivity contribution in [2.24, 2.45) is 0 Å². The highest BCUT2D eigenvalue weighted by atomic mass is 15.1. The number of anilines is 3. The summed E-state index contributed by atoms with van der Waals surface area (Å²) in [4.78, 5) is 1.37. The van der Waals surface area contributed by atoms with Crippen LogP contribution < -0.4 is 4.90 Å². The third-order valence-corrected chi connectivity index (χ3v) is 11.6. The average molecular weight is 810 g/mol. The molecule has 0 aliphatic carbocycles. The maximum absolute atomic E-state index is 9.83. The summed E-state index contributed by atoms with van der Waals surface area (Å²) in [6.07, 6.45) is 0. The zero-order valence-electron chi connectivity index (χ0n) is 42.2. The van der Waals surface area contributed by atoms with Gasteiger partial charge in [-0.05, 0) is 131 Å². The van der Waals surface area contributed by atoms with Crippen LogP contribution in [0, 0.1) is 0 Å². The fourth-order valence-electron chi connectivity index (χ4n) is 8.57. The minimum Gasteiger partial charge on any atom is -0.311 e. The van der Waals surface area contributed by atoms with E-state index in [1.54, 1.807) is 12.1 Å². The van der Waals surface area contributed by atoms with E-state index < -0.39 is 24.2 Å². The van der Waals surface area contributed by atoms with Crippen molar-refractivity contribution in [3.63, 3.8) is 0 Å². The van der Waals surface area contributed by atoms with E-state index in [4.69, 9.17) is 0 Å². The van der Waals surface area contributed by atoms with Crippen molar-refractivity contribution in [1.29, 1.82) is 0 Å². The van der Waals surface area contributed by atoms with E-state index in [1.165, 1.54) is 4.90 Å². The van der Waals surface area contributed by atoms with Crippen LogP contribution in [0.15, 0.2) is 261 Å². The van der Waals surface area contributed by atoms with Crippen LogP contribution in [-0.4, -0.2) is 0 Å². The lowest BCUT2D eigenvalue weighted by atomic mass is 9.90. The summed E-state index contributed by atoms with van der Waals surface area (Å²) in [7, 11) is 0. The lowest BCUT2D eigenvalue weighted by Gasteiger charge is -2.26. The molecule has 11 aromatic carbocycles. The van der Waals surface area contributed by atoms with E-state index in [1.807, 2.05) is 194 Å². The minimum absolute atomic E-state index is 0.0893. The summed E-state index contributed by atoms with van der Waals surface area (Å²) in [5, 5.41) is 3.95. The minimum atomic E-state index is -0.408. The van der Waals surface area contributed by atoms with Gasteiger partial charge in [0.1, 0.15) is 0 Å². The molecule has 0 bridgehead atoms. The first-order chi connectivity index (χ1) is 34.6. The van der Waals surface area contributed by atoms with Gasteiger partial charge in [-0.1, -0.05) is 218 Å². The van der Waals surface area contributed by atoms with Gasteiger partial charge in [0.05, 0.1) is 11.0 Å². The molecule has 0 unspecified atom stereocenters. The quantitative estimate of drug-likeness (QED) is 0.140. The van der Waals surface area contributed by atoms with Gasteiger partial charge in [0, 0.05) is 17.1 Å². The molecule has 296 valence electrons. The van der Waals surface area contributed by atoms with Crippen LogP contribution >= 0.6 is 0 Å². The van der Waals surface area contributed by atoms with Crippen molar-refractivity contribution in [3.8, 4) is 66.8 Å². The first-order valence-electron chi connectivity index (χ1n) is 25.0. The number of rotatable bonds is 9. The Hall–Kier alpha value is -8.26. The summed E-state index contributed by atoms with van der Waals surface area (Å²) >= 11 is 0. The van der Waals surface area contributed by atoms with Gasteiger partial charge in [-0.25, -0.2) is 0 Å². The molecule has 0 saturated carbocycles. The van der Waals surface area contributed by atoms with E-state index in [0.717, 1.165) is 66.1 Å². The molecule has 0 amide bonds. The molecule has 1 heteroatoms. The van der Waals surface area contributed by atoms with Crippen molar-refractivity contribution in [3.05, 3.63) is 261 Å². The summed E-state index contributed by atoms with van der Waals surface area (Å²) < 4.78 is 78.1. The van der Waals surface area contributed by atoms with Crippen LogP contribution in [-0.2, 0) is 0 Å². The van der Waals surface area contributed by atoms with Gasteiger partial charge in [-0.3, -0.25) is 0 Å². The van der Waals surface area contributed by atoms with Gasteiger partial charge in [0.2, 0.25) is 0 Å². The molecule has 11 aromatic rings. The maximum atomic E-state index is 9.83. The molecule has 0 aromatic heterocycles. The number of fused-ring (bicyclic) bond motifs is 2. The second-order valence-corrected chi connectivity index (χ2v) is 15.4. The van der Waals surface area contributed by atoms with Crippen molar-refractivity contribution in [1.82, 2.24) is 0 Å². The third-order valence-electron chi connectivity index (χ3n) is 11.6. The van der Waals surface area contributed by atoms with Crippen molar-refractivity contribution >= 4 is 38.6 Å². The van der Waals surface area contributed by atoms with Crippen LogP contribution in [0.5, 0.6) is 0 Å². The molecule has 0 aliphatic rings. The molecule has 11 rings (SSSR count). The van der Waals surface area contributed by atoms with Crippen LogP contribution in [0.2, 0.25) is 0 Å². The molecule has 0 N–H and O–H groups in total. The molecule has 63 heavy (non-hydrogen) atoms. The van der Waals surface area contributed by atoms with Crippen LogP contribution in [0.1, 0.15) is 11.0 Å². The fourth-order valence-corrected chi connectivity index (χ4v) is 8.57. The number of hydrogen-bond acceptors (Lipinski definition) is 1. The number of hydrogen-bond donors (Lipinski definition) is 0. The molecule has 0 spiro atoms. The summed E-state index contributed by atoms with van der Waals surface area (Å²) in [5.41, 5.74) is 8.25. The zero-order chi connectivity index (χ0) is 48.9. The molecule has 0 radical (unpaired) electrons. The van der Waals surface area contributed by atoms with E-state index in [2.05, 4.69) is 6.07 Å². The largest absolute Gasteiger partial charge is 0.311 e. The highest BCUT2D eigenvalue weighted by molar-refractivity contribution is 6.04. The Kier molecular flexibility index (Phi) is 7.90. The molecule has 1 nitrogen and oxygen atoms in total. The maximum Gasteiger partial charge on any atom is 0.0645 e. The Morgan fingerprint density at radius 2 is 0.730 bits per heavy atom. The molecule has 0 saturated heterocycles. The second kappa shape index (κ2) is 16.7. The lowest BCUT2D eigenvalue weighted by Crippen LogP contribution is -2.09. The predicted octanol–water partition coefficient (Wildman–Crippen LogP) is 17.5. The standard InChI is InChI=1S/C62H43N/c1-4-15-45(16-5-1)58-41-34-52(43-61(58)47-17-6-2-7-18-47)44-27-35-53(36-28-44)63(54-37-29-49(30-38-54)57-26-14-23-46-19-10-12-24-56(46)57)55-39-31-50(32-40-55)60-42-33-48-20-11-13-25-59(48)62(60)51-21-8-3-9-22-51/h1-43H/i27D,28D,31D,32D,35D,36D,39D,40D. The molecular formula is C62H43N. The highest BCUT2D eigenvalue weighted by Gasteiger charge is 2.17. The Morgan fingerprint density at radius 1 is 0.254 bits per heavy atom. The third kappa shape index (κ3) is 7.37. The van der Waals surface area contributed by atoms with Gasteiger partial charge < -0.3 is 4.90 Å². The Bertz CT molecular complexity index is 3780. The van der Waals surface area contributed by atoms with Crippen molar-refractivity contribution in [2.75, 3.05) is 4.90 Å². The number of benzene rings is 11. The normalized spacial score (nSPS) is 13.0. The van der Waals surface area contributed by atoms with Gasteiger partial charge in [0.15, 0.2) is 0 Å². The first-order valence-corrected chi connectivity index (χ1v) is 21.0. The highest BCUT2D eigenvalue weighted by Crippen LogP contribution is 2.42. The van der Waals surface area contributed by atoms with E-state index in [0.29, 0.717) is 16.8 Å². The fraction of sp³-hybridized carbons (Fsp3) is 0. The molecule has 0 atom stereocenters. The molecular weight excluding hydrogens is 759 g/mol. The summed E-state index contributed by atoms with van der Waals surface area (Å²) in [5.74, 6) is 0. The zero-order valence-corrected chi connectivity index (χ0v) is 34.2. The smallest absolute Gasteiger partial charge is 0.0645 e. The molecule has 0 aliphatic heterocycles. The van der Waals surface area contributed by atoms with Crippen molar-refractivity contribution < 1.29 is 11.0 Å². The van der Waals surface area contributed by atoms with Crippen LogP contribution in [0.25, 0.3) is 88.3 Å². The lowest BCUT2D eigenvalue weighted by molar-refractivity contribution is 1.28. The van der Waals surface area contributed by atoms with E-state index in [9.17, 15) is 11.0 Å². The van der Waals surface area contributed by atoms with Crippen molar-refractivity contribution in [2.45, 2.75) is 0 Å². The first kappa shape index (κ1) is 29.9. The van der Waals surface area contributed by atoms with Crippen LogP contribution in [0.3, 0.4) is 0 Å². The van der Waals surface area contributed by atoms with Gasteiger partial charge in [0.25, 0.3) is 0 Å². The average Bonchev–Trinajstić information content (AvgIpc) is 3.42. The topological polar surface area (TPSA) is 3.24 Å². The van der Waals surface area contributed by atoms with Crippen LogP contribution in [0.4, 0.5) is 17.1 Å².